The Morgan fingerprint density at radius 3 is 1.88 bits per heavy atom. The van der Waals surface area contributed by atoms with Crippen molar-refractivity contribution in [1.82, 2.24) is 26.6 Å². The molecule has 148 valence electrons. The van der Waals surface area contributed by atoms with Crippen LogP contribution in [0.1, 0.15) is 38.5 Å². The van der Waals surface area contributed by atoms with Gasteiger partial charge in [-0.1, -0.05) is 12.8 Å². The summed E-state index contributed by atoms with van der Waals surface area (Å²) in [5, 5.41) is 18.5. The summed E-state index contributed by atoms with van der Waals surface area (Å²) in [5.74, 6) is 0. The zero-order chi connectivity index (χ0) is 17.7. The summed E-state index contributed by atoms with van der Waals surface area (Å²) in [6.45, 7) is 7.45. The molecule has 0 bridgehead atoms. The van der Waals surface area contributed by atoms with E-state index in [0.29, 0.717) is 24.2 Å². The highest BCUT2D eigenvalue weighted by atomic mass is 15.1. The van der Waals surface area contributed by atoms with Crippen LogP contribution >= 0.6 is 0 Å². The maximum Gasteiger partial charge on any atom is 0.0221 e. The van der Waals surface area contributed by atoms with Gasteiger partial charge in [0.05, 0.1) is 0 Å². The SMILES string of the molecule is NCC[C@H]1CN[C@@H](CCN)CN[C@@H]2CCCC[C@H]2NCCNCCN1. The molecule has 0 aromatic rings. The van der Waals surface area contributed by atoms with Gasteiger partial charge >= 0.3 is 0 Å². The molecule has 0 amide bonds. The van der Waals surface area contributed by atoms with E-state index in [1.54, 1.807) is 0 Å². The fourth-order valence-corrected chi connectivity index (χ4v) is 4.01. The fourth-order valence-electron chi connectivity index (χ4n) is 4.01. The highest BCUT2D eigenvalue weighted by molar-refractivity contribution is 4.88. The van der Waals surface area contributed by atoms with Crippen LogP contribution in [0.15, 0.2) is 0 Å². The monoisotopic (exact) mass is 355 g/mol. The molecule has 0 spiro atoms. The lowest BCUT2D eigenvalue weighted by Crippen LogP contribution is -2.54. The van der Waals surface area contributed by atoms with Crippen LogP contribution in [0.4, 0.5) is 0 Å². The van der Waals surface area contributed by atoms with Gasteiger partial charge in [0, 0.05) is 63.4 Å². The van der Waals surface area contributed by atoms with Crippen molar-refractivity contribution in [1.29, 1.82) is 0 Å². The van der Waals surface area contributed by atoms with E-state index in [2.05, 4.69) is 26.6 Å². The van der Waals surface area contributed by atoms with Gasteiger partial charge in [-0.15, -0.1) is 0 Å². The highest BCUT2D eigenvalue weighted by Gasteiger charge is 2.25. The molecule has 0 unspecified atom stereocenters. The second-order valence-corrected chi connectivity index (χ2v) is 7.52. The normalized spacial score (nSPS) is 33.8. The zero-order valence-electron chi connectivity index (χ0n) is 15.9. The summed E-state index contributed by atoms with van der Waals surface area (Å²) < 4.78 is 0. The Bertz CT molecular complexity index is 329. The first-order valence-corrected chi connectivity index (χ1v) is 10.4. The largest absolute Gasteiger partial charge is 0.330 e. The smallest absolute Gasteiger partial charge is 0.0221 e. The maximum absolute atomic E-state index is 5.84. The molecule has 1 aliphatic heterocycles. The van der Waals surface area contributed by atoms with E-state index in [-0.39, 0.29) is 0 Å². The van der Waals surface area contributed by atoms with Crippen LogP contribution in [-0.4, -0.2) is 76.5 Å². The predicted octanol–water partition coefficient (Wildman–Crippen LogP) is -1.31. The van der Waals surface area contributed by atoms with Gasteiger partial charge in [0.25, 0.3) is 0 Å². The van der Waals surface area contributed by atoms with E-state index in [9.17, 15) is 0 Å². The standard InChI is InChI=1S/C18H41N7/c19-7-5-15-13-24-16(6-8-20)14-25-18-4-2-1-3-17(18)23-12-10-21-9-11-22-15/h15-18,21-25H,1-14,19-20H2/t15-,16-,17+,18+/m0/s1. The lowest BCUT2D eigenvalue weighted by atomic mass is 9.90. The molecule has 1 saturated heterocycles. The van der Waals surface area contributed by atoms with E-state index in [1.165, 1.54) is 25.7 Å². The van der Waals surface area contributed by atoms with Crippen LogP contribution in [0, 0.1) is 0 Å². The van der Waals surface area contributed by atoms with Crippen LogP contribution in [0.25, 0.3) is 0 Å². The molecule has 2 aliphatic rings. The van der Waals surface area contributed by atoms with Gasteiger partial charge in [-0.05, 0) is 38.8 Å². The number of hydrogen-bond acceptors (Lipinski definition) is 7. The summed E-state index contributed by atoms with van der Waals surface area (Å²) in [7, 11) is 0. The molecule has 25 heavy (non-hydrogen) atoms. The molecule has 7 heteroatoms. The van der Waals surface area contributed by atoms with E-state index in [1.807, 2.05) is 0 Å². The van der Waals surface area contributed by atoms with Crippen molar-refractivity contribution < 1.29 is 0 Å². The third-order valence-electron chi connectivity index (χ3n) is 5.52. The van der Waals surface area contributed by atoms with Crippen molar-refractivity contribution >= 4 is 0 Å². The Hall–Kier alpha value is -0.280. The summed E-state index contributed by atoms with van der Waals surface area (Å²) in [5.41, 5.74) is 11.6. The first kappa shape index (κ1) is 21.0. The molecule has 2 fully saturated rings. The first-order valence-electron chi connectivity index (χ1n) is 10.4. The lowest BCUT2D eigenvalue weighted by molar-refractivity contribution is 0.273. The first-order chi connectivity index (χ1) is 12.3. The van der Waals surface area contributed by atoms with Gasteiger partial charge in [0.1, 0.15) is 0 Å². The van der Waals surface area contributed by atoms with E-state index >= 15 is 0 Å². The zero-order valence-corrected chi connectivity index (χ0v) is 15.9. The Balaban J connectivity index is 1.92. The van der Waals surface area contributed by atoms with E-state index in [0.717, 1.165) is 65.2 Å². The van der Waals surface area contributed by atoms with Crippen LogP contribution < -0.4 is 38.1 Å². The Morgan fingerprint density at radius 1 is 0.640 bits per heavy atom. The predicted molar refractivity (Wildman–Crippen MR) is 106 cm³/mol. The molecule has 1 saturated carbocycles. The van der Waals surface area contributed by atoms with Crippen molar-refractivity contribution in [2.75, 3.05) is 52.4 Å². The van der Waals surface area contributed by atoms with Gasteiger partial charge in [-0.2, -0.15) is 0 Å². The second-order valence-electron chi connectivity index (χ2n) is 7.52. The molecule has 0 aromatic heterocycles. The summed E-state index contributed by atoms with van der Waals surface area (Å²) in [4.78, 5) is 0. The van der Waals surface area contributed by atoms with Gasteiger partial charge < -0.3 is 38.1 Å². The second kappa shape index (κ2) is 13.0. The van der Waals surface area contributed by atoms with Crippen molar-refractivity contribution in [3.63, 3.8) is 0 Å². The molecule has 1 aliphatic carbocycles. The lowest BCUT2D eigenvalue weighted by Gasteiger charge is -2.34. The summed E-state index contributed by atoms with van der Waals surface area (Å²) in [6.07, 6.45) is 7.26. The maximum atomic E-state index is 5.84. The topological polar surface area (TPSA) is 112 Å². The van der Waals surface area contributed by atoms with E-state index in [4.69, 9.17) is 11.5 Å². The Kier molecular flexibility index (Phi) is 10.9. The summed E-state index contributed by atoms with van der Waals surface area (Å²) >= 11 is 0. The molecule has 0 radical (unpaired) electrons. The summed E-state index contributed by atoms with van der Waals surface area (Å²) in [6, 6.07) is 2.04. The third kappa shape index (κ3) is 8.30. The quantitative estimate of drug-likeness (QED) is 0.335. The Morgan fingerprint density at radius 2 is 1.20 bits per heavy atom. The average molecular weight is 356 g/mol. The van der Waals surface area contributed by atoms with Crippen LogP contribution in [0.2, 0.25) is 0 Å². The fraction of sp³-hybridized carbons (Fsp3) is 1.00. The van der Waals surface area contributed by atoms with Gasteiger partial charge in [-0.3, -0.25) is 0 Å². The number of nitrogens with one attached hydrogen (secondary N) is 5. The molecule has 2 rings (SSSR count). The van der Waals surface area contributed by atoms with Crippen molar-refractivity contribution in [3.05, 3.63) is 0 Å². The minimum absolute atomic E-state index is 0.428. The average Bonchev–Trinajstić information content (AvgIpc) is 2.63. The molecule has 4 atom stereocenters. The van der Waals surface area contributed by atoms with Gasteiger partial charge in [0.2, 0.25) is 0 Å². The Labute approximate surface area is 153 Å². The number of nitrogens with two attached hydrogens (primary N) is 2. The minimum Gasteiger partial charge on any atom is -0.330 e. The molecule has 9 N–H and O–H groups in total. The van der Waals surface area contributed by atoms with Crippen molar-refractivity contribution in [2.45, 2.75) is 62.7 Å². The van der Waals surface area contributed by atoms with Gasteiger partial charge in [0.15, 0.2) is 0 Å². The number of rotatable bonds is 4. The molecule has 7 nitrogen and oxygen atoms in total. The molecular formula is C18H41N7. The third-order valence-corrected chi connectivity index (χ3v) is 5.52. The molecule has 1 heterocycles. The highest BCUT2D eigenvalue weighted by Crippen LogP contribution is 2.18. The molecular weight excluding hydrogens is 314 g/mol. The van der Waals surface area contributed by atoms with Crippen LogP contribution in [0.3, 0.4) is 0 Å². The van der Waals surface area contributed by atoms with Crippen molar-refractivity contribution in [2.24, 2.45) is 11.5 Å². The number of hydrogen-bond donors (Lipinski definition) is 7. The van der Waals surface area contributed by atoms with Crippen molar-refractivity contribution in [3.8, 4) is 0 Å². The minimum atomic E-state index is 0.428. The van der Waals surface area contributed by atoms with Gasteiger partial charge in [-0.25, -0.2) is 0 Å². The molecule has 0 aromatic carbocycles. The number of fused-ring (bicyclic) bond motifs is 1. The van der Waals surface area contributed by atoms with E-state index < -0.39 is 0 Å². The van der Waals surface area contributed by atoms with Crippen LogP contribution in [0.5, 0.6) is 0 Å². The van der Waals surface area contributed by atoms with Crippen LogP contribution in [-0.2, 0) is 0 Å².